The maximum Gasteiger partial charge on any atom is 0.160 e. The van der Waals surface area contributed by atoms with E-state index in [1.807, 2.05) is 0 Å². The molecule has 0 radical (unpaired) electrons. The maximum atomic E-state index is 10.4. The number of aliphatic hydroxyl groups is 2. The zero-order valence-electron chi connectivity index (χ0n) is 12.2. The number of hydrogen-bond donors (Lipinski definition) is 3. The molecular formula is C14H21N5O2. The van der Waals surface area contributed by atoms with E-state index in [0.29, 0.717) is 25.2 Å². The molecule has 7 nitrogen and oxygen atoms in total. The van der Waals surface area contributed by atoms with Crippen molar-refractivity contribution in [2.45, 2.75) is 32.3 Å². The predicted octanol–water partition coefficient (Wildman–Crippen LogP) is 0.703. The Kier molecular flexibility index (Phi) is 3.77. The van der Waals surface area contributed by atoms with Gasteiger partial charge in [0.05, 0.1) is 24.3 Å². The molecule has 0 bridgehead atoms. The van der Waals surface area contributed by atoms with Crippen molar-refractivity contribution in [3.8, 4) is 0 Å². The molecule has 0 aliphatic carbocycles. The summed E-state index contributed by atoms with van der Waals surface area (Å²) in [5.41, 5.74) is 0.227. The van der Waals surface area contributed by atoms with Crippen molar-refractivity contribution in [1.29, 1.82) is 0 Å². The van der Waals surface area contributed by atoms with Gasteiger partial charge in [0, 0.05) is 18.5 Å². The highest BCUT2D eigenvalue weighted by Gasteiger charge is 2.42. The first-order valence-electron chi connectivity index (χ1n) is 7.38. The Hall–Kier alpha value is -1.73. The van der Waals surface area contributed by atoms with E-state index in [0.717, 1.165) is 24.0 Å². The zero-order valence-corrected chi connectivity index (χ0v) is 12.2. The summed E-state index contributed by atoms with van der Waals surface area (Å²) in [6.45, 7) is 3.36. The molecule has 1 fully saturated rings. The van der Waals surface area contributed by atoms with Crippen molar-refractivity contribution in [2.75, 3.05) is 24.6 Å². The van der Waals surface area contributed by atoms with Crippen molar-refractivity contribution < 1.29 is 10.2 Å². The highest BCUT2D eigenvalue weighted by atomic mass is 16.3. The van der Waals surface area contributed by atoms with Gasteiger partial charge in [-0.3, -0.25) is 5.10 Å². The molecule has 0 spiro atoms. The fourth-order valence-electron chi connectivity index (χ4n) is 3.31. The number of aromatic amines is 1. The number of piperidine rings is 1. The summed E-state index contributed by atoms with van der Waals surface area (Å²) < 4.78 is 0. The number of nitrogens with one attached hydrogen (secondary N) is 1. The van der Waals surface area contributed by atoms with Gasteiger partial charge in [0.1, 0.15) is 12.1 Å². The number of H-pyrrole nitrogens is 1. The van der Waals surface area contributed by atoms with Crippen LogP contribution in [-0.4, -0.2) is 56.2 Å². The Balaban J connectivity index is 1.94. The van der Waals surface area contributed by atoms with Crippen LogP contribution in [0.5, 0.6) is 0 Å². The maximum absolute atomic E-state index is 10.4. The third-order valence-corrected chi connectivity index (χ3v) is 4.47. The van der Waals surface area contributed by atoms with Crippen molar-refractivity contribution in [2.24, 2.45) is 5.41 Å². The molecule has 2 aromatic heterocycles. The van der Waals surface area contributed by atoms with Crippen LogP contribution in [0.15, 0.2) is 12.5 Å². The van der Waals surface area contributed by atoms with Crippen LogP contribution in [0.2, 0.25) is 0 Å². The molecule has 3 heterocycles. The van der Waals surface area contributed by atoms with Crippen LogP contribution in [0.3, 0.4) is 0 Å². The van der Waals surface area contributed by atoms with E-state index in [2.05, 4.69) is 32.0 Å². The average molecular weight is 291 g/mol. The molecule has 7 heteroatoms. The third-order valence-electron chi connectivity index (χ3n) is 4.47. The van der Waals surface area contributed by atoms with E-state index in [1.165, 1.54) is 6.33 Å². The van der Waals surface area contributed by atoms with Crippen LogP contribution in [0.25, 0.3) is 11.0 Å². The number of fused-ring (bicyclic) bond motifs is 1. The minimum absolute atomic E-state index is 0.0158. The van der Waals surface area contributed by atoms with Crippen LogP contribution >= 0.6 is 0 Å². The number of aromatic nitrogens is 4. The minimum Gasteiger partial charge on any atom is -0.396 e. The summed E-state index contributed by atoms with van der Waals surface area (Å²) in [4.78, 5) is 10.7. The highest BCUT2D eigenvalue weighted by molar-refractivity contribution is 5.86. The molecule has 21 heavy (non-hydrogen) atoms. The molecule has 0 aromatic carbocycles. The topological polar surface area (TPSA) is 98.2 Å². The first-order chi connectivity index (χ1) is 10.2. The second-order valence-corrected chi connectivity index (χ2v) is 5.83. The van der Waals surface area contributed by atoms with E-state index in [9.17, 15) is 10.2 Å². The molecule has 114 valence electrons. The summed E-state index contributed by atoms with van der Waals surface area (Å²) in [5.74, 6) is 0.814. The minimum atomic E-state index is -0.478. The van der Waals surface area contributed by atoms with Crippen LogP contribution in [0.1, 0.15) is 26.2 Å². The van der Waals surface area contributed by atoms with E-state index in [-0.39, 0.29) is 6.61 Å². The summed E-state index contributed by atoms with van der Waals surface area (Å²) in [6.07, 6.45) is 5.11. The molecule has 1 aliphatic heterocycles. The van der Waals surface area contributed by atoms with E-state index in [1.54, 1.807) is 6.20 Å². The summed E-state index contributed by atoms with van der Waals surface area (Å²) in [6, 6.07) is 0. The van der Waals surface area contributed by atoms with Crippen LogP contribution in [-0.2, 0) is 0 Å². The Morgan fingerprint density at radius 1 is 1.48 bits per heavy atom. The van der Waals surface area contributed by atoms with Crippen LogP contribution in [0.4, 0.5) is 5.82 Å². The van der Waals surface area contributed by atoms with Gasteiger partial charge in [-0.1, -0.05) is 13.3 Å². The van der Waals surface area contributed by atoms with Crippen LogP contribution < -0.4 is 4.90 Å². The number of rotatable bonds is 4. The van der Waals surface area contributed by atoms with Gasteiger partial charge in [-0.15, -0.1) is 0 Å². The lowest BCUT2D eigenvalue weighted by Gasteiger charge is -2.45. The number of anilines is 1. The molecule has 0 saturated carbocycles. The van der Waals surface area contributed by atoms with Gasteiger partial charge in [-0.2, -0.15) is 5.10 Å². The van der Waals surface area contributed by atoms with Gasteiger partial charge in [0.25, 0.3) is 0 Å². The molecule has 2 atom stereocenters. The monoisotopic (exact) mass is 291 g/mol. The Labute approximate surface area is 123 Å². The van der Waals surface area contributed by atoms with E-state index >= 15 is 0 Å². The molecule has 3 N–H and O–H groups in total. The number of hydrogen-bond acceptors (Lipinski definition) is 6. The highest BCUT2D eigenvalue weighted by Crippen LogP contribution is 2.37. The second-order valence-electron chi connectivity index (χ2n) is 5.83. The smallest absolute Gasteiger partial charge is 0.160 e. The van der Waals surface area contributed by atoms with Gasteiger partial charge in [-0.25, -0.2) is 9.97 Å². The van der Waals surface area contributed by atoms with Crippen molar-refractivity contribution in [3.63, 3.8) is 0 Å². The summed E-state index contributed by atoms with van der Waals surface area (Å²) in [7, 11) is 0. The first kappa shape index (κ1) is 14.2. The lowest BCUT2D eigenvalue weighted by molar-refractivity contribution is -0.0352. The molecule has 1 aliphatic rings. The van der Waals surface area contributed by atoms with E-state index in [4.69, 9.17) is 0 Å². The van der Waals surface area contributed by atoms with Crippen LogP contribution in [0, 0.1) is 5.41 Å². The van der Waals surface area contributed by atoms with Gasteiger partial charge < -0.3 is 15.1 Å². The second kappa shape index (κ2) is 5.57. The van der Waals surface area contributed by atoms with Gasteiger partial charge in [0.15, 0.2) is 5.65 Å². The molecule has 3 rings (SSSR count). The SMILES string of the molecule is CCC[C@]1(CO)CN(c2ncnc3[nH]ncc23)CC[C@H]1O. The normalized spacial score (nSPS) is 26.4. The number of nitrogens with zero attached hydrogens (tertiary/aromatic N) is 4. The average Bonchev–Trinajstić information content (AvgIpc) is 2.98. The number of aliphatic hydroxyl groups excluding tert-OH is 2. The largest absolute Gasteiger partial charge is 0.396 e. The Bertz CT molecular complexity index is 616. The van der Waals surface area contributed by atoms with Crippen molar-refractivity contribution >= 4 is 16.9 Å². The van der Waals surface area contributed by atoms with Crippen molar-refractivity contribution in [3.05, 3.63) is 12.5 Å². The standard InChI is InChI=1S/C14H21N5O2/c1-2-4-14(8-20)7-19(5-3-11(14)21)13-10-6-17-18-12(10)15-9-16-13/h6,9,11,20-21H,2-5,7-8H2,1H3,(H,15,16,17,18)/t11-,14-/m1/s1. The quantitative estimate of drug-likeness (QED) is 0.767. The molecule has 2 aromatic rings. The third kappa shape index (κ3) is 2.36. The Morgan fingerprint density at radius 2 is 2.33 bits per heavy atom. The van der Waals surface area contributed by atoms with Gasteiger partial charge >= 0.3 is 0 Å². The first-order valence-corrected chi connectivity index (χ1v) is 7.38. The molecular weight excluding hydrogens is 270 g/mol. The molecule has 1 saturated heterocycles. The van der Waals surface area contributed by atoms with Gasteiger partial charge in [-0.05, 0) is 12.8 Å². The van der Waals surface area contributed by atoms with E-state index < -0.39 is 11.5 Å². The summed E-state index contributed by atoms with van der Waals surface area (Å²) >= 11 is 0. The fourth-order valence-corrected chi connectivity index (χ4v) is 3.31. The summed E-state index contributed by atoms with van der Waals surface area (Å²) in [5, 5.41) is 27.9. The molecule has 0 unspecified atom stereocenters. The fraction of sp³-hybridized carbons (Fsp3) is 0.643. The lowest BCUT2D eigenvalue weighted by atomic mass is 9.74. The lowest BCUT2D eigenvalue weighted by Crippen LogP contribution is -2.54. The van der Waals surface area contributed by atoms with Crippen molar-refractivity contribution in [1.82, 2.24) is 20.2 Å². The zero-order chi connectivity index (χ0) is 14.9. The Morgan fingerprint density at radius 3 is 3.10 bits per heavy atom. The predicted molar refractivity (Wildman–Crippen MR) is 78.9 cm³/mol. The molecule has 0 amide bonds. The van der Waals surface area contributed by atoms with Gasteiger partial charge in [0.2, 0.25) is 0 Å².